The van der Waals surface area contributed by atoms with Gasteiger partial charge in [0.15, 0.2) is 0 Å². The van der Waals surface area contributed by atoms with Crippen molar-refractivity contribution in [2.24, 2.45) is 0 Å². The van der Waals surface area contributed by atoms with E-state index in [1.807, 2.05) is 30.3 Å². The molecule has 92 valence electrons. The fraction of sp³-hybridized carbons (Fsp3) is 0.333. The van der Waals surface area contributed by atoms with Gasteiger partial charge in [-0.25, -0.2) is 9.59 Å². The monoisotopic (exact) mass is 237 g/mol. The zero-order valence-electron chi connectivity index (χ0n) is 9.79. The van der Waals surface area contributed by atoms with Gasteiger partial charge in [0.1, 0.15) is 6.04 Å². The van der Waals surface area contributed by atoms with Crippen LogP contribution in [0, 0.1) is 0 Å². The van der Waals surface area contributed by atoms with Crippen LogP contribution in [0.1, 0.15) is 12.5 Å². The van der Waals surface area contributed by atoms with Gasteiger partial charge in [-0.15, -0.1) is 0 Å². The van der Waals surface area contributed by atoms with Crippen LogP contribution < -0.4 is 0 Å². The third-order valence-corrected chi connectivity index (χ3v) is 2.43. The Morgan fingerprint density at radius 2 is 1.94 bits per heavy atom. The summed E-state index contributed by atoms with van der Waals surface area (Å²) in [5, 5.41) is 8.93. The average molecular weight is 237 g/mol. The summed E-state index contributed by atoms with van der Waals surface area (Å²) >= 11 is 0. The minimum atomic E-state index is -1.06. The molecule has 0 saturated carbocycles. The third-order valence-electron chi connectivity index (χ3n) is 2.43. The maximum atomic E-state index is 11.5. The maximum Gasteiger partial charge on any atom is 0.410 e. The smallest absolute Gasteiger partial charge is 0.410 e. The highest BCUT2D eigenvalue weighted by Gasteiger charge is 2.26. The van der Waals surface area contributed by atoms with E-state index < -0.39 is 18.1 Å². The highest BCUT2D eigenvalue weighted by Crippen LogP contribution is 2.10. The van der Waals surface area contributed by atoms with Crippen LogP contribution in [0.4, 0.5) is 4.79 Å². The van der Waals surface area contributed by atoms with E-state index in [-0.39, 0.29) is 6.54 Å². The van der Waals surface area contributed by atoms with Gasteiger partial charge in [-0.05, 0) is 12.5 Å². The van der Waals surface area contributed by atoms with Gasteiger partial charge in [0.05, 0.1) is 7.11 Å². The molecule has 1 rings (SSSR count). The molecule has 0 aliphatic heterocycles. The zero-order valence-corrected chi connectivity index (χ0v) is 9.79. The van der Waals surface area contributed by atoms with Crippen molar-refractivity contribution < 1.29 is 19.4 Å². The fourth-order valence-corrected chi connectivity index (χ4v) is 1.39. The van der Waals surface area contributed by atoms with Crippen molar-refractivity contribution in [2.45, 2.75) is 19.5 Å². The molecule has 5 nitrogen and oxygen atoms in total. The first-order chi connectivity index (χ1) is 8.06. The minimum Gasteiger partial charge on any atom is -0.480 e. The first-order valence-electron chi connectivity index (χ1n) is 5.17. The van der Waals surface area contributed by atoms with Crippen LogP contribution in [0.15, 0.2) is 30.3 Å². The summed E-state index contributed by atoms with van der Waals surface area (Å²) in [6, 6.07) is 8.23. The predicted molar refractivity (Wildman–Crippen MR) is 61.5 cm³/mol. The molecule has 0 bridgehead atoms. The Labute approximate surface area is 99.6 Å². The predicted octanol–water partition coefficient (Wildman–Crippen LogP) is 1.73. The highest BCUT2D eigenvalue weighted by molar-refractivity contribution is 5.79. The van der Waals surface area contributed by atoms with E-state index >= 15 is 0 Å². The lowest BCUT2D eigenvalue weighted by Gasteiger charge is -2.24. The van der Waals surface area contributed by atoms with Gasteiger partial charge in [0, 0.05) is 6.54 Å². The van der Waals surface area contributed by atoms with E-state index in [4.69, 9.17) is 5.11 Å². The number of carbonyl (C=O) groups is 2. The average Bonchev–Trinajstić information content (AvgIpc) is 2.35. The molecule has 0 aliphatic carbocycles. The number of ether oxygens (including phenoxy) is 1. The first kappa shape index (κ1) is 13.0. The molecule has 0 fully saturated rings. The van der Waals surface area contributed by atoms with Crippen LogP contribution in [0.5, 0.6) is 0 Å². The van der Waals surface area contributed by atoms with Crippen LogP contribution in [0.25, 0.3) is 0 Å². The lowest BCUT2D eigenvalue weighted by atomic mass is 10.2. The van der Waals surface area contributed by atoms with E-state index in [1.165, 1.54) is 14.0 Å². The van der Waals surface area contributed by atoms with E-state index in [9.17, 15) is 9.59 Å². The molecular weight excluding hydrogens is 222 g/mol. The molecule has 1 aromatic carbocycles. The molecule has 1 N–H and O–H groups in total. The van der Waals surface area contributed by atoms with Crippen molar-refractivity contribution >= 4 is 12.1 Å². The number of aliphatic carboxylic acids is 1. The summed E-state index contributed by atoms with van der Waals surface area (Å²) < 4.78 is 4.58. The van der Waals surface area contributed by atoms with Crippen molar-refractivity contribution in [2.75, 3.05) is 7.11 Å². The Kier molecular flexibility index (Phi) is 4.51. The second kappa shape index (κ2) is 5.89. The number of nitrogens with zero attached hydrogens (tertiary/aromatic N) is 1. The lowest BCUT2D eigenvalue weighted by molar-refractivity contribution is -0.142. The Balaban J connectivity index is 2.85. The SMILES string of the molecule is COC(=O)N(Cc1ccccc1)[C@@H](C)C(=O)O. The normalized spacial score (nSPS) is 11.6. The lowest BCUT2D eigenvalue weighted by Crippen LogP contribution is -2.42. The topological polar surface area (TPSA) is 66.8 Å². The van der Waals surface area contributed by atoms with Crippen LogP contribution in [0.2, 0.25) is 0 Å². The number of amides is 1. The third kappa shape index (κ3) is 3.48. The van der Waals surface area contributed by atoms with Crippen LogP contribution >= 0.6 is 0 Å². The van der Waals surface area contributed by atoms with Gasteiger partial charge in [0.25, 0.3) is 0 Å². The summed E-state index contributed by atoms with van der Waals surface area (Å²) in [7, 11) is 1.23. The largest absolute Gasteiger partial charge is 0.480 e. The molecule has 1 atom stereocenters. The van der Waals surface area contributed by atoms with Gasteiger partial charge < -0.3 is 9.84 Å². The minimum absolute atomic E-state index is 0.209. The van der Waals surface area contributed by atoms with Gasteiger partial charge in [0.2, 0.25) is 0 Å². The molecule has 5 heteroatoms. The standard InChI is InChI=1S/C12H15NO4/c1-9(11(14)15)13(12(16)17-2)8-10-6-4-3-5-7-10/h3-7,9H,8H2,1-2H3,(H,14,15)/t9-/m0/s1. The van der Waals surface area contributed by atoms with E-state index in [0.717, 1.165) is 10.5 Å². The molecule has 1 aromatic rings. The quantitative estimate of drug-likeness (QED) is 0.866. The number of methoxy groups -OCH3 is 1. The molecular formula is C12H15NO4. The van der Waals surface area contributed by atoms with E-state index in [2.05, 4.69) is 4.74 Å². The maximum absolute atomic E-state index is 11.5. The Morgan fingerprint density at radius 3 is 2.41 bits per heavy atom. The number of carbonyl (C=O) groups excluding carboxylic acids is 1. The molecule has 0 saturated heterocycles. The molecule has 0 spiro atoms. The van der Waals surface area contributed by atoms with Crippen molar-refractivity contribution in [3.63, 3.8) is 0 Å². The Bertz CT molecular complexity index is 391. The Morgan fingerprint density at radius 1 is 1.35 bits per heavy atom. The van der Waals surface area contributed by atoms with Crippen LogP contribution in [-0.4, -0.2) is 35.2 Å². The summed E-state index contributed by atoms with van der Waals surface area (Å²) in [5.74, 6) is -1.06. The van der Waals surface area contributed by atoms with E-state index in [0.29, 0.717) is 0 Å². The van der Waals surface area contributed by atoms with Crippen molar-refractivity contribution in [1.82, 2.24) is 4.90 Å². The highest BCUT2D eigenvalue weighted by atomic mass is 16.5. The van der Waals surface area contributed by atoms with Gasteiger partial charge >= 0.3 is 12.1 Å². The molecule has 0 unspecified atom stereocenters. The number of rotatable bonds is 4. The zero-order chi connectivity index (χ0) is 12.8. The number of carboxylic acid groups (broad SMARTS) is 1. The number of hydrogen-bond donors (Lipinski definition) is 1. The molecule has 0 aliphatic rings. The van der Waals surface area contributed by atoms with Gasteiger partial charge in [-0.2, -0.15) is 0 Å². The van der Waals surface area contributed by atoms with Crippen molar-refractivity contribution in [3.05, 3.63) is 35.9 Å². The Hall–Kier alpha value is -2.04. The fourth-order valence-electron chi connectivity index (χ4n) is 1.39. The van der Waals surface area contributed by atoms with Crippen LogP contribution in [0.3, 0.4) is 0 Å². The summed E-state index contributed by atoms with van der Waals surface area (Å²) in [6.07, 6.45) is -0.649. The second-order valence-corrected chi connectivity index (χ2v) is 3.60. The number of hydrogen-bond acceptors (Lipinski definition) is 3. The second-order valence-electron chi connectivity index (χ2n) is 3.60. The van der Waals surface area contributed by atoms with Crippen LogP contribution in [-0.2, 0) is 16.1 Å². The van der Waals surface area contributed by atoms with E-state index in [1.54, 1.807) is 0 Å². The van der Waals surface area contributed by atoms with Crippen molar-refractivity contribution in [1.29, 1.82) is 0 Å². The van der Waals surface area contributed by atoms with Gasteiger partial charge in [-0.3, -0.25) is 4.90 Å². The summed E-state index contributed by atoms with van der Waals surface area (Å²) in [4.78, 5) is 23.6. The molecule has 17 heavy (non-hydrogen) atoms. The molecule has 0 aromatic heterocycles. The molecule has 1 amide bonds. The first-order valence-corrected chi connectivity index (χ1v) is 5.17. The molecule has 0 heterocycles. The summed E-state index contributed by atoms with van der Waals surface area (Å²) in [6.45, 7) is 1.66. The molecule has 0 radical (unpaired) electrons. The number of carboxylic acids is 1. The number of benzene rings is 1. The summed E-state index contributed by atoms with van der Waals surface area (Å²) in [5.41, 5.74) is 0.853. The van der Waals surface area contributed by atoms with Crippen molar-refractivity contribution in [3.8, 4) is 0 Å². The van der Waals surface area contributed by atoms with Gasteiger partial charge in [-0.1, -0.05) is 30.3 Å².